The Morgan fingerprint density at radius 3 is 2.28 bits per heavy atom. The summed E-state index contributed by atoms with van der Waals surface area (Å²) in [6.45, 7) is 0.0374. The second kappa shape index (κ2) is 11.7. The Hall–Kier alpha value is -3.11. The third-order valence-corrected chi connectivity index (χ3v) is 3.27. The molecule has 0 bridgehead atoms. The number of Topliss-reactive ketones (excluding diaryl/α,β-unsaturated/α-hetero) is 1. The van der Waals surface area contributed by atoms with E-state index >= 15 is 0 Å². The molecule has 0 atom stereocenters. The number of rotatable bonds is 10. The minimum atomic E-state index is -4.62. The monoisotopic (exact) mass is 418 g/mol. The van der Waals surface area contributed by atoms with Crippen LogP contribution < -0.4 is 15.4 Å². The predicted octanol–water partition coefficient (Wildman–Crippen LogP) is 2.37. The van der Waals surface area contributed by atoms with Gasteiger partial charge in [-0.05, 0) is 30.7 Å². The summed E-state index contributed by atoms with van der Waals surface area (Å²) in [7, 11) is 0. The number of carbonyl (C=O) groups excluding carboxylic acids is 4. The molecule has 0 unspecified atom stereocenters. The van der Waals surface area contributed by atoms with Crippen molar-refractivity contribution in [1.29, 1.82) is 0 Å². The molecule has 0 aliphatic rings. The minimum Gasteiger partial charge on any atom is -0.494 e. The van der Waals surface area contributed by atoms with Crippen LogP contribution in [-0.2, 0) is 14.3 Å². The summed E-state index contributed by atoms with van der Waals surface area (Å²) in [6, 6.07) is 5.02. The Labute approximate surface area is 164 Å². The molecule has 1 aromatic rings. The van der Waals surface area contributed by atoms with Gasteiger partial charge in [0, 0.05) is 12.0 Å². The van der Waals surface area contributed by atoms with Crippen molar-refractivity contribution in [3.63, 3.8) is 0 Å². The number of imide groups is 1. The molecule has 0 spiro atoms. The van der Waals surface area contributed by atoms with E-state index in [4.69, 9.17) is 4.74 Å². The Balaban J connectivity index is 2.29. The summed E-state index contributed by atoms with van der Waals surface area (Å²) >= 11 is 0. The number of benzene rings is 1. The molecule has 0 saturated heterocycles. The highest BCUT2D eigenvalue weighted by Gasteiger charge is 2.28. The van der Waals surface area contributed by atoms with Gasteiger partial charge in [-0.15, -0.1) is 0 Å². The molecule has 11 heteroatoms. The molecule has 1 aromatic carbocycles. The smallest absolute Gasteiger partial charge is 0.405 e. The quantitative estimate of drug-likeness (QED) is 0.446. The SMILES string of the molecule is CCCOc1ccc(C(=O)CCC(=O)OCC(=O)NC(=O)NCC(F)(F)F)cc1. The molecule has 0 heterocycles. The molecule has 0 radical (unpaired) electrons. The van der Waals surface area contributed by atoms with Crippen molar-refractivity contribution in [3.05, 3.63) is 29.8 Å². The number of amides is 3. The van der Waals surface area contributed by atoms with E-state index in [0.29, 0.717) is 17.9 Å². The van der Waals surface area contributed by atoms with E-state index in [1.807, 2.05) is 6.92 Å². The maximum absolute atomic E-state index is 12.0. The number of hydrogen-bond donors (Lipinski definition) is 2. The molecule has 0 saturated carbocycles. The first kappa shape index (κ1) is 23.9. The summed E-state index contributed by atoms with van der Waals surface area (Å²) in [4.78, 5) is 46.0. The van der Waals surface area contributed by atoms with Gasteiger partial charge in [-0.1, -0.05) is 6.92 Å². The average Bonchev–Trinajstić information content (AvgIpc) is 2.67. The molecule has 0 aromatic heterocycles. The Kier molecular flexibility index (Phi) is 9.63. The lowest BCUT2D eigenvalue weighted by atomic mass is 10.1. The zero-order valence-electron chi connectivity index (χ0n) is 15.6. The Morgan fingerprint density at radius 2 is 1.69 bits per heavy atom. The van der Waals surface area contributed by atoms with E-state index < -0.39 is 37.2 Å². The van der Waals surface area contributed by atoms with Crippen molar-refractivity contribution >= 4 is 23.7 Å². The second-order valence-corrected chi connectivity index (χ2v) is 5.80. The average molecular weight is 418 g/mol. The number of hydrogen-bond acceptors (Lipinski definition) is 6. The van der Waals surface area contributed by atoms with Gasteiger partial charge < -0.3 is 14.8 Å². The number of urea groups is 1. The molecule has 1 rings (SSSR count). The molecule has 0 fully saturated rings. The van der Waals surface area contributed by atoms with Gasteiger partial charge in [0.05, 0.1) is 13.0 Å². The van der Waals surface area contributed by atoms with Gasteiger partial charge in [0.2, 0.25) is 0 Å². The lowest BCUT2D eigenvalue weighted by Crippen LogP contribution is -2.44. The molecular weight excluding hydrogens is 397 g/mol. The van der Waals surface area contributed by atoms with Gasteiger partial charge in [-0.2, -0.15) is 13.2 Å². The lowest BCUT2D eigenvalue weighted by Gasteiger charge is -2.09. The highest BCUT2D eigenvalue weighted by atomic mass is 19.4. The third-order valence-electron chi connectivity index (χ3n) is 3.27. The molecular formula is C18H21F3N2O6. The number of carbonyl (C=O) groups is 4. The van der Waals surface area contributed by atoms with E-state index in [1.165, 1.54) is 5.32 Å². The largest absolute Gasteiger partial charge is 0.494 e. The number of ketones is 1. The van der Waals surface area contributed by atoms with Crippen LogP contribution in [0.15, 0.2) is 24.3 Å². The molecule has 3 amide bonds. The fourth-order valence-electron chi connectivity index (χ4n) is 1.92. The minimum absolute atomic E-state index is 0.165. The summed E-state index contributed by atoms with van der Waals surface area (Å²) < 4.78 is 45.7. The predicted molar refractivity (Wildman–Crippen MR) is 94.3 cm³/mol. The van der Waals surface area contributed by atoms with Gasteiger partial charge in [-0.25, -0.2) is 4.79 Å². The maximum atomic E-state index is 12.0. The van der Waals surface area contributed by atoms with Crippen molar-refractivity contribution in [3.8, 4) is 5.75 Å². The van der Waals surface area contributed by atoms with E-state index in [-0.39, 0.29) is 18.6 Å². The van der Waals surface area contributed by atoms with Crippen molar-refractivity contribution in [2.45, 2.75) is 32.4 Å². The van der Waals surface area contributed by atoms with Crippen LogP contribution in [-0.4, -0.2) is 49.6 Å². The zero-order chi connectivity index (χ0) is 21.9. The third kappa shape index (κ3) is 10.7. The van der Waals surface area contributed by atoms with Crippen LogP contribution >= 0.6 is 0 Å². The highest BCUT2D eigenvalue weighted by molar-refractivity contribution is 5.98. The molecule has 0 aliphatic carbocycles. The van der Waals surface area contributed by atoms with Crippen molar-refractivity contribution in [2.24, 2.45) is 0 Å². The van der Waals surface area contributed by atoms with E-state index in [9.17, 15) is 32.3 Å². The molecule has 160 valence electrons. The number of nitrogens with one attached hydrogen (secondary N) is 2. The standard InChI is InChI=1S/C18H21F3N2O6/c1-2-9-28-13-5-3-12(4-6-13)14(24)7-8-16(26)29-10-15(25)23-17(27)22-11-18(19,20)21/h3-6H,2,7-11H2,1H3,(H2,22,23,25,27). The first-order valence-electron chi connectivity index (χ1n) is 8.67. The molecule has 29 heavy (non-hydrogen) atoms. The first-order valence-corrected chi connectivity index (χ1v) is 8.67. The van der Waals surface area contributed by atoms with Crippen LogP contribution in [0.25, 0.3) is 0 Å². The lowest BCUT2D eigenvalue weighted by molar-refractivity contribution is -0.148. The summed E-state index contributed by atoms with van der Waals surface area (Å²) in [5.41, 5.74) is 0.376. The van der Waals surface area contributed by atoms with E-state index in [2.05, 4.69) is 4.74 Å². The van der Waals surface area contributed by atoms with E-state index in [0.717, 1.165) is 6.42 Å². The summed E-state index contributed by atoms with van der Waals surface area (Å²) in [5, 5.41) is 3.00. The van der Waals surface area contributed by atoms with Crippen molar-refractivity contribution in [2.75, 3.05) is 19.8 Å². The normalized spacial score (nSPS) is 10.8. The number of esters is 1. The number of ether oxygens (including phenoxy) is 2. The second-order valence-electron chi connectivity index (χ2n) is 5.80. The van der Waals surface area contributed by atoms with E-state index in [1.54, 1.807) is 29.6 Å². The van der Waals surface area contributed by atoms with Gasteiger partial charge >= 0.3 is 18.2 Å². The Morgan fingerprint density at radius 1 is 1.03 bits per heavy atom. The number of halogens is 3. The number of alkyl halides is 3. The van der Waals surface area contributed by atoms with Crippen molar-refractivity contribution < 1.29 is 41.8 Å². The van der Waals surface area contributed by atoms with Gasteiger partial charge in [0.15, 0.2) is 12.4 Å². The fraction of sp³-hybridized carbons (Fsp3) is 0.444. The zero-order valence-corrected chi connectivity index (χ0v) is 15.6. The molecule has 2 N–H and O–H groups in total. The first-order chi connectivity index (χ1) is 13.6. The Bertz CT molecular complexity index is 719. The molecule has 8 nitrogen and oxygen atoms in total. The van der Waals surface area contributed by atoms with Gasteiger partial charge in [-0.3, -0.25) is 19.7 Å². The molecule has 0 aliphatic heterocycles. The summed E-state index contributed by atoms with van der Waals surface area (Å²) in [5.74, 6) is -1.67. The summed E-state index contributed by atoms with van der Waals surface area (Å²) in [6.07, 6.45) is -4.25. The van der Waals surface area contributed by atoms with Crippen LogP contribution in [0.3, 0.4) is 0 Å². The van der Waals surface area contributed by atoms with Crippen LogP contribution in [0.1, 0.15) is 36.5 Å². The van der Waals surface area contributed by atoms with Crippen LogP contribution in [0.5, 0.6) is 5.75 Å². The topological polar surface area (TPSA) is 111 Å². The van der Waals surface area contributed by atoms with Gasteiger partial charge in [0.1, 0.15) is 12.3 Å². The maximum Gasteiger partial charge on any atom is 0.405 e. The fourth-order valence-corrected chi connectivity index (χ4v) is 1.92. The van der Waals surface area contributed by atoms with Crippen molar-refractivity contribution in [1.82, 2.24) is 10.6 Å². The van der Waals surface area contributed by atoms with Crippen LogP contribution in [0.2, 0.25) is 0 Å². The van der Waals surface area contributed by atoms with Crippen LogP contribution in [0, 0.1) is 0 Å². The van der Waals surface area contributed by atoms with Crippen LogP contribution in [0.4, 0.5) is 18.0 Å². The van der Waals surface area contributed by atoms with Gasteiger partial charge in [0.25, 0.3) is 5.91 Å². The highest BCUT2D eigenvalue weighted by Crippen LogP contribution is 2.14.